The van der Waals surface area contributed by atoms with E-state index in [9.17, 15) is 19.7 Å². The van der Waals surface area contributed by atoms with Crippen molar-refractivity contribution in [3.63, 3.8) is 0 Å². The monoisotopic (exact) mass is 607 g/mol. The first-order chi connectivity index (χ1) is 18.8. The number of carbonyl (C=O) groups is 2. The highest BCUT2D eigenvalue weighted by Gasteiger charge is 2.35. The van der Waals surface area contributed by atoms with Crippen LogP contribution < -0.4 is 9.47 Å². The summed E-state index contributed by atoms with van der Waals surface area (Å²) in [6.45, 7) is -0.0182. The highest BCUT2D eigenvalue weighted by atomic mass is 79.9. The number of nitro benzene ring substituents is 1. The number of amides is 2. The zero-order valence-corrected chi connectivity index (χ0v) is 22.6. The average Bonchev–Trinajstić information content (AvgIpc) is 3.50. The number of ether oxygens (including phenoxy) is 2. The van der Waals surface area contributed by atoms with Gasteiger partial charge in [0.1, 0.15) is 11.4 Å². The molecule has 1 aliphatic rings. The van der Waals surface area contributed by atoms with Crippen LogP contribution in [0, 0.1) is 10.1 Å². The molecule has 0 aliphatic carbocycles. The smallest absolute Gasteiger partial charge is 0.293 e. The molecule has 0 N–H and O–H groups in total. The number of hydrogen-bond acceptors (Lipinski definition) is 9. The number of halogens is 1. The topological polar surface area (TPSA) is 130 Å². The molecule has 13 heteroatoms. The third-order valence-electron chi connectivity index (χ3n) is 5.59. The number of methoxy groups -OCH3 is 1. The molecule has 1 saturated heterocycles. The molecule has 39 heavy (non-hydrogen) atoms. The van der Waals surface area contributed by atoms with Crippen LogP contribution in [0.2, 0.25) is 0 Å². The lowest BCUT2D eigenvalue weighted by Gasteiger charge is -2.11. The largest absolute Gasteiger partial charge is 0.493 e. The number of imide groups is 1. The van der Waals surface area contributed by atoms with Gasteiger partial charge in [-0.1, -0.05) is 27.2 Å². The van der Waals surface area contributed by atoms with Crippen LogP contribution in [0.3, 0.4) is 0 Å². The Kier molecular flexibility index (Phi) is 7.43. The zero-order chi connectivity index (χ0) is 27.5. The van der Waals surface area contributed by atoms with E-state index in [-0.39, 0.29) is 17.1 Å². The summed E-state index contributed by atoms with van der Waals surface area (Å²) < 4.78 is 13.7. The van der Waals surface area contributed by atoms with E-state index in [2.05, 4.69) is 26.2 Å². The van der Waals surface area contributed by atoms with E-state index >= 15 is 0 Å². The van der Waals surface area contributed by atoms with Crippen molar-refractivity contribution in [3.8, 4) is 22.9 Å². The molecule has 0 unspecified atom stereocenters. The Morgan fingerprint density at radius 3 is 2.49 bits per heavy atom. The number of non-ortho nitro benzene ring substituents is 1. The molecule has 1 fully saturated rings. The van der Waals surface area contributed by atoms with E-state index < -0.39 is 16.1 Å². The van der Waals surface area contributed by atoms with Crippen LogP contribution in [0.1, 0.15) is 11.3 Å². The maximum absolute atomic E-state index is 13.1. The second-order valence-corrected chi connectivity index (χ2v) is 10.1. The van der Waals surface area contributed by atoms with Gasteiger partial charge in [-0.25, -0.2) is 4.68 Å². The van der Waals surface area contributed by atoms with Gasteiger partial charge in [0.15, 0.2) is 11.5 Å². The van der Waals surface area contributed by atoms with E-state index in [1.165, 1.54) is 31.4 Å². The molecular formula is C26H18BrN5O6S. The van der Waals surface area contributed by atoms with Gasteiger partial charge >= 0.3 is 0 Å². The summed E-state index contributed by atoms with van der Waals surface area (Å²) >= 11 is 4.22. The Morgan fingerprint density at radius 1 is 1.05 bits per heavy atom. The molecule has 11 nitrogen and oxygen atoms in total. The summed E-state index contributed by atoms with van der Waals surface area (Å²) in [5.41, 5.74) is 1.79. The number of carbonyl (C=O) groups excluding carboxylic acids is 2. The molecule has 0 radical (unpaired) electrons. The Labute approximate surface area is 234 Å². The molecule has 4 aromatic rings. The standard InChI is InChI=1S/C26H18BrN5O6S/c1-37-22-11-2-16(12-23(22)38-21-9-7-20(8-10-21)32(35)36)13-24-25(33)30(26(34)39-24)14-18-15-31(29-28-18)19-5-3-17(27)4-6-19/h2-13,15H,14H2,1H3/b24-13-. The first kappa shape index (κ1) is 26.1. The van der Waals surface area contributed by atoms with Gasteiger partial charge in [0.05, 0.1) is 35.4 Å². The Hall–Kier alpha value is -4.49. The lowest BCUT2D eigenvalue weighted by atomic mass is 10.1. The minimum atomic E-state index is -0.497. The van der Waals surface area contributed by atoms with E-state index in [0.29, 0.717) is 28.5 Å². The van der Waals surface area contributed by atoms with Gasteiger partial charge in [-0.05, 0) is 71.9 Å². The lowest BCUT2D eigenvalue weighted by molar-refractivity contribution is -0.384. The number of benzene rings is 3. The summed E-state index contributed by atoms with van der Waals surface area (Å²) in [7, 11) is 1.48. The number of nitro groups is 1. The van der Waals surface area contributed by atoms with E-state index in [0.717, 1.165) is 26.8 Å². The summed E-state index contributed by atoms with van der Waals surface area (Å²) in [4.78, 5) is 37.5. The minimum absolute atomic E-state index is 0.0182. The average molecular weight is 608 g/mol. The van der Waals surface area contributed by atoms with Gasteiger partial charge in [0, 0.05) is 16.6 Å². The van der Waals surface area contributed by atoms with Crippen molar-refractivity contribution in [1.82, 2.24) is 19.9 Å². The van der Waals surface area contributed by atoms with Crippen LogP contribution in [-0.4, -0.2) is 43.1 Å². The van der Waals surface area contributed by atoms with Crippen LogP contribution >= 0.6 is 27.7 Å². The summed E-state index contributed by atoms with van der Waals surface area (Å²) in [5.74, 6) is 0.681. The van der Waals surface area contributed by atoms with Crippen LogP contribution in [0.4, 0.5) is 10.5 Å². The van der Waals surface area contributed by atoms with Crippen molar-refractivity contribution in [2.75, 3.05) is 7.11 Å². The first-order valence-corrected chi connectivity index (χ1v) is 12.9. The van der Waals surface area contributed by atoms with Gasteiger partial charge in [0.25, 0.3) is 16.8 Å². The fourth-order valence-corrected chi connectivity index (χ4v) is 4.77. The number of aromatic nitrogens is 3. The molecule has 0 atom stereocenters. The number of thioether (sulfide) groups is 1. The molecule has 2 amide bonds. The Bertz CT molecular complexity index is 1600. The normalized spacial score (nSPS) is 14.2. The van der Waals surface area contributed by atoms with Gasteiger partial charge in [-0.3, -0.25) is 24.6 Å². The van der Waals surface area contributed by atoms with Crippen LogP contribution in [-0.2, 0) is 11.3 Å². The van der Waals surface area contributed by atoms with Crippen molar-refractivity contribution in [2.45, 2.75) is 6.54 Å². The molecular weight excluding hydrogens is 590 g/mol. The Morgan fingerprint density at radius 2 is 1.79 bits per heavy atom. The number of hydrogen-bond donors (Lipinski definition) is 0. The zero-order valence-electron chi connectivity index (χ0n) is 20.2. The van der Waals surface area contributed by atoms with Crippen LogP contribution in [0.15, 0.2) is 82.3 Å². The third-order valence-corrected chi connectivity index (χ3v) is 7.02. The van der Waals surface area contributed by atoms with Crippen LogP contribution in [0.25, 0.3) is 11.8 Å². The fourth-order valence-electron chi connectivity index (χ4n) is 3.67. The van der Waals surface area contributed by atoms with Crippen molar-refractivity contribution in [3.05, 3.63) is 104 Å². The molecule has 0 bridgehead atoms. The maximum Gasteiger partial charge on any atom is 0.293 e. The van der Waals surface area contributed by atoms with E-state index in [4.69, 9.17) is 9.47 Å². The van der Waals surface area contributed by atoms with Crippen molar-refractivity contribution >= 4 is 50.6 Å². The van der Waals surface area contributed by atoms with E-state index in [1.807, 2.05) is 24.3 Å². The van der Waals surface area contributed by atoms with Crippen molar-refractivity contribution in [2.24, 2.45) is 0 Å². The minimum Gasteiger partial charge on any atom is -0.493 e. The summed E-state index contributed by atoms with van der Waals surface area (Å²) in [6.07, 6.45) is 3.26. The maximum atomic E-state index is 13.1. The summed E-state index contributed by atoms with van der Waals surface area (Å²) in [5, 5.41) is 18.7. The molecule has 196 valence electrons. The first-order valence-electron chi connectivity index (χ1n) is 11.3. The van der Waals surface area contributed by atoms with Crippen LogP contribution in [0.5, 0.6) is 17.2 Å². The van der Waals surface area contributed by atoms with E-state index in [1.54, 1.807) is 35.2 Å². The molecule has 5 rings (SSSR count). The Balaban J connectivity index is 1.32. The van der Waals surface area contributed by atoms with Gasteiger partial charge in [-0.15, -0.1) is 5.10 Å². The number of rotatable bonds is 8. The van der Waals surface area contributed by atoms with Gasteiger partial charge in [-0.2, -0.15) is 0 Å². The molecule has 1 aromatic heterocycles. The second kappa shape index (κ2) is 11.1. The fraction of sp³-hybridized carbons (Fsp3) is 0.0769. The van der Waals surface area contributed by atoms with Crippen molar-refractivity contribution in [1.29, 1.82) is 0 Å². The molecule has 0 spiro atoms. The summed E-state index contributed by atoms with van der Waals surface area (Å²) in [6, 6.07) is 18.1. The molecule has 2 heterocycles. The lowest BCUT2D eigenvalue weighted by Crippen LogP contribution is -2.27. The molecule has 3 aromatic carbocycles. The predicted octanol–water partition coefficient (Wildman–Crippen LogP) is 5.98. The number of nitrogens with zero attached hydrogens (tertiary/aromatic N) is 5. The van der Waals surface area contributed by atoms with Gasteiger partial charge in [0.2, 0.25) is 0 Å². The second-order valence-electron chi connectivity index (χ2n) is 8.16. The predicted molar refractivity (Wildman–Crippen MR) is 147 cm³/mol. The quantitative estimate of drug-likeness (QED) is 0.135. The van der Waals surface area contributed by atoms with Crippen molar-refractivity contribution < 1.29 is 24.0 Å². The molecule has 1 aliphatic heterocycles. The highest BCUT2D eigenvalue weighted by molar-refractivity contribution is 9.10. The highest BCUT2D eigenvalue weighted by Crippen LogP contribution is 2.37. The van der Waals surface area contributed by atoms with Gasteiger partial charge < -0.3 is 9.47 Å². The third kappa shape index (κ3) is 5.84. The molecule has 0 saturated carbocycles. The SMILES string of the molecule is COc1ccc(/C=C2\SC(=O)N(Cc3cn(-c4ccc(Br)cc4)nn3)C2=O)cc1Oc1ccc([N+](=O)[O-])cc1.